The summed E-state index contributed by atoms with van der Waals surface area (Å²) in [5.41, 5.74) is 5.56. The van der Waals surface area contributed by atoms with Gasteiger partial charge in [0.05, 0.1) is 38.9 Å². The van der Waals surface area contributed by atoms with Crippen LogP contribution in [0.5, 0.6) is 0 Å². The standard InChI is InChI=1S/C26H28INS/c1-25(2,3)17-13-15-18(16-14-17)28(27)22-12-8-10-20-19-9-7-11-21(26(4,5)6)23(19)29-24(20)22/h7-16H,1-6H3. The normalized spacial score (nSPS) is 12.7. The van der Waals surface area contributed by atoms with Crippen LogP contribution in [0.1, 0.15) is 52.7 Å². The molecule has 0 aliphatic rings. The van der Waals surface area contributed by atoms with Crippen molar-refractivity contribution in [3.8, 4) is 0 Å². The molecule has 0 spiro atoms. The summed E-state index contributed by atoms with van der Waals surface area (Å²) in [5, 5.41) is 2.72. The Labute approximate surface area is 192 Å². The summed E-state index contributed by atoms with van der Waals surface area (Å²) in [4.78, 5) is 0. The topological polar surface area (TPSA) is 3.24 Å². The van der Waals surface area contributed by atoms with Crippen LogP contribution in [-0.2, 0) is 10.8 Å². The van der Waals surface area contributed by atoms with E-state index in [1.54, 1.807) is 0 Å². The third-order valence-corrected chi connectivity index (χ3v) is 7.84. The summed E-state index contributed by atoms with van der Waals surface area (Å²) in [5.74, 6) is 0. The predicted molar refractivity (Wildman–Crippen MR) is 139 cm³/mol. The van der Waals surface area contributed by atoms with Gasteiger partial charge in [-0.1, -0.05) is 84.0 Å². The van der Waals surface area contributed by atoms with Crippen molar-refractivity contribution in [2.45, 2.75) is 52.4 Å². The lowest BCUT2D eigenvalue weighted by Crippen LogP contribution is -2.11. The van der Waals surface area contributed by atoms with Crippen LogP contribution >= 0.6 is 34.2 Å². The van der Waals surface area contributed by atoms with Crippen molar-refractivity contribution in [3.63, 3.8) is 0 Å². The molecule has 1 heterocycles. The molecule has 3 heteroatoms. The molecule has 4 aromatic rings. The molecule has 0 unspecified atom stereocenters. The van der Waals surface area contributed by atoms with Crippen LogP contribution in [-0.4, -0.2) is 0 Å². The molecule has 0 bridgehead atoms. The lowest BCUT2D eigenvalue weighted by atomic mass is 9.86. The third kappa shape index (κ3) is 3.79. The van der Waals surface area contributed by atoms with Gasteiger partial charge in [0, 0.05) is 15.5 Å². The molecule has 29 heavy (non-hydrogen) atoms. The zero-order valence-corrected chi connectivity index (χ0v) is 21.0. The molecule has 1 aromatic heterocycles. The van der Waals surface area contributed by atoms with Gasteiger partial charge in [-0.3, -0.25) is 3.11 Å². The van der Waals surface area contributed by atoms with Crippen LogP contribution in [0.3, 0.4) is 0 Å². The molecule has 0 fully saturated rings. The van der Waals surface area contributed by atoms with Crippen molar-refractivity contribution in [2.75, 3.05) is 3.11 Å². The highest BCUT2D eigenvalue weighted by Gasteiger charge is 2.21. The van der Waals surface area contributed by atoms with E-state index in [-0.39, 0.29) is 10.8 Å². The van der Waals surface area contributed by atoms with Crippen molar-refractivity contribution < 1.29 is 0 Å². The first-order chi connectivity index (χ1) is 13.6. The van der Waals surface area contributed by atoms with Crippen LogP contribution in [0.15, 0.2) is 60.7 Å². The van der Waals surface area contributed by atoms with Crippen molar-refractivity contribution in [2.24, 2.45) is 0 Å². The average molecular weight is 513 g/mol. The molecule has 0 saturated heterocycles. The second-order valence-electron chi connectivity index (χ2n) is 9.77. The number of fused-ring (bicyclic) bond motifs is 3. The Kier molecular flexibility index (Phi) is 5.19. The Morgan fingerprint density at radius 2 is 1.28 bits per heavy atom. The van der Waals surface area contributed by atoms with Crippen LogP contribution in [0, 0.1) is 0 Å². The van der Waals surface area contributed by atoms with E-state index in [0.717, 1.165) is 0 Å². The van der Waals surface area contributed by atoms with Gasteiger partial charge in [0.2, 0.25) is 0 Å². The average Bonchev–Trinajstić information content (AvgIpc) is 3.04. The molecule has 0 aliphatic carbocycles. The molecule has 3 aromatic carbocycles. The molecule has 4 rings (SSSR count). The maximum Gasteiger partial charge on any atom is 0.0689 e. The molecule has 0 aliphatic heterocycles. The zero-order valence-electron chi connectivity index (χ0n) is 18.0. The fourth-order valence-electron chi connectivity index (χ4n) is 3.78. The van der Waals surface area contributed by atoms with E-state index in [4.69, 9.17) is 0 Å². The number of halogens is 1. The lowest BCUT2D eigenvalue weighted by molar-refractivity contribution is 0.590. The second kappa shape index (κ2) is 7.28. The lowest BCUT2D eigenvalue weighted by Gasteiger charge is -2.22. The predicted octanol–water partition coefficient (Wildman–Crippen LogP) is 9.14. The minimum atomic E-state index is 0.132. The molecule has 0 N–H and O–H groups in total. The highest BCUT2D eigenvalue weighted by molar-refractivity contribution is 14.1. The van der Waals surface area contributed by atoms with Crippen molar-refractivity contribution >= 4 is 65.7 Å². The fraction of sp³-hybridized carbons (Fsp3) is 0.308. The highest BCUT2D eigenvalue weighted by atomic mass is 127. The van der Waals surface area contributed by atoms with Gasteiger partial charge in [-0.2, -0.15) is 0 Å². The number of hydrogen-bond donors (Lipinski definition) is 0. The van der Waals surface area contributed by atoms with E-state index in [2.05, 4.69) is 128 Å². The molecule has 0 atom stereocenters. The summed E-state index contributed by atoms with van der Waals surface area (Å²) >= 11 is 4.37. The van der Waals surface area contributed by atoms with Crippen LogP contribution in [0.25, 0.3) is 20.2 Å². The number of nitrogens with zero attached hydrogens (tertiary/aromatic N) is 1. The van der Waals surface area contributed by atoms with Crippen molar-refractivity contribution in [1.82, 2.24) is 0 Å². The van der Waals surface area contributed by atoms with Crippen LogP contribution < -0.4 is 3.11 Å². The van der Waals surface area contributed by atoms with Gasteiger partial charge in [0.1, 0.15) is 0 Å². The van der Waals surface area contributed by atoms with E-state index in [1.807, 2.05) is 11.3 Å². The quantitative estimate of drug-likeness (QED) is 0.191. The van der Waals surface area contributed by atoms with E-state index >= 15 is 0 Å². The summed E-state index contributed by atoms with van der Waals surface area (Å²) in [6.07, 6.45) is 0. The number of hydrogen-bond acceptors (Lipinski definition) is 2. The summed E-state index contributed by atoms with van der Waals surface area (Å²) in [7, 11) is 0. The van der Waals surface area contributed by atoms with E-state index in [1.165, 1.54) is 42.7 Å². The first kappa shape index (κ1) is 20.7. The Balaban J connectivity index is 1.86. The monoisotopic (exact) mass is 513 g/mol. The number of rotatable bonds is 2. The largest absolute Gasteiger partial charge is 0.282 e. The number of anilines is 2. The highest BCUT2D eigenvalue weighted by Crippen LogP contribution is 2.45. The number of thiophene rings is 1. The molecule has 0 amide bonds. The first-order valence-electron chi connectivity index (χ1n) is 10.1. The Morgan fingerprint density at radius 1 is 0.690 bits per heavy atom. The van der Waals surface area contributed by atoms with Gasteiger partial charge in [0.25, 0.3) is 0 Å². The smallest absolute Gasteiger partial charge is 0.0689 e. The van der Waals surface area contributed by atoms with Crippen LogP contribution in [0.4, 0.5) is 11.4 Å². The maximum absolute atomic E-state index is 2.44. The van der Waals surface area contributed by atoms with E-state index in [9.17, 15) is 0 Å². The third-order valence-electron chi connectivity index (χ3n) is 5.48. The molecule has 0 saturated carbocycles. The summed E-state index contributed by atoms with van der Waals surface area (Å²) in [6, 6.07) is 22.4. The molecule has 1 nitrogen and oxygen atoms in total. The Hall–Kier alpha value is -1.59. The Morgan fingerprint density at radius 3 is 1.86 bits per heavy atom. The van der Waals surface area contributed by atoms with E-state index in [0.29, 0.717) is 0 Å². The Bertz CT molecular complexity index is 1170. The maximum atomic E-state index is 2.44. The molecule has 0 radical (unpaired) electrons. The van der Waals surface area contributed by atoms with E-state index < -0.39 is 0 Å². The fourth-order valence-corrected chi connectivity index (χ4v) is 6.20. The van der Waals surface area contributed by atoms with Gasteiger partial charge in [-0.15, -0.1) is 11.3 Å². The SMILES string of the molecule is CC(C)(C)c1ccc(N(I)c2cccc3c2sc2c(C(C)(C)C)cccc23)cc1. The van der Waals surface area contributed by atoms with Gasteiger partial charge in [-0.25, -0.2) is 0 Å². The van der Waals surface area contributed by atoms with Gasteiger partial charge >= 0.3 is 0 Å². The molecular weight excluding hydrogens is 485 g/mol. The summed E-state index contributed by atoms with van der Waals surface area (Å²) < 4.78 is 5.06. The van der Waals surface area contributed by atoms with Gasteiger partial charge in [-0.05, 0) is 40.2 Å². The summed E-state index contributed by atoms with van der Waals surface area (Å²) in [6.45, 7) is 13.7. The molecule has 150 valence electrons. The first-order valence-corrected chi connectivity index (χ1v) is 11.9. The number of benzene rings is 3. The second-order valence-corrected chi connectivity index (χ2v) is 11.8. The van der Waals surface area contributed by atoms with Gasteiger partial charge in [0.15, 0.2) is 0 Å². The van der Waals surface area contributed by atoms with Crippen molar-refractivity contribution in [3.05, 3.63) is 71.8 Å². The van der Waals surface area contributed by atoms with Crippen LogP contribution in [0.2, 0.25) is 0 Å². The minimum Gasteiger partial charge on any atom is -0.282 e. The van der Waals surface area contributed by atoms with Gasteiger partial charge < -0.3 is 0 Å². The minimum absolute atomic E-state index is 0.132. The van der Waals surface area contributed by atoms with Crippen molar-refractivity contribution in [1.29, 1.82) is 0 Å². The zero-order chi connectivity index (χ0) is 21.0. The molecular formula is C26H28INS.